The molecule has 0 aliphatic carbocycles. The molecule has 0 radical (unpaired) electrons. The van der Waals surface area contributed by atoms with Gasteiger partial charge in [0.1, 0.15) is 0 Å². The van der Waals surface area contributed by atoms with Crippen molar-refractivity contribution in [1.29, 1.82) is 0 Å². The van der Waals surface area contributed by atoms with E-state index in [1.54, 1.807) is 0 Å². The molecular weight excluding hydrogens is 719 g/mol. The number of hydrogen-bond donors (Lipinski definition) is 0. The van der Waals surface area contributed by atoms with Crippen molar-refractivity contribution in [1.82, 2.24) is 0 Å². The van der Waals surface area contributed by atoms with Crippen LogP contribution in [0.4, 0.5) is 0 Å². The quantitative estimate of drug-likeness (QED) is 0.0447. The lowest BCUT2D eigenvalue weighted by Gasteiger charge is -2.18. The standard InChI is InChI=1S/C48H99O7P/c1-7-46(4)43-50-37-31-25-19-13-10-16-22-28-34-40-53-56(49,54-41-35-29-23-17-11-14-20-26-32-38-51-44-47(5)8-2)55-42-36-30-24-18-12-15-21-27-33-39-52-45-48(6)9-3/h46-48H,7-45H2,1-6H3. The van der Waals surface area contributed by atoms with Gasteiger partial charge in [0.25, 0.3) is 0 Å². The molecule has 0 N–H and O–H groups in total. The van der Waals surface area contributed by atoms with E-state index in [1.165, 1.54) is 154 Å². The van der Waals surface area contributed by atoms with E-state index in [1.807, 2.05) is 0 Å². The first-order valence-electron chi connectivity index (χ1n) is 24.6. The summed E-state index contributed by atoms with van der Waals surface area (Å²) in [4.78, 5) is 0. The predicted octanol–water partition coefficient (Wildman–Crippen LogP) is 15.9. The molecule has 0 aliphatic heterocycles. The average Bonchev–Trinajstić information content (AvgIpc) is 3.20. The Morgan fingerprint density at radius 2 is 0.482 bits per heavy atom. The van der Waals surface area contributed by atoms with Gasteiger partial charge in [0.2, 0.25) is 0 Å². The van der Waals surface area contributed by atoms with E-state index in [0.717, 1.165) is 78.2 Å². The Morgan fingerprint density at radius 1 is 0.304 bits per heavy atom. The van der Waals surface area contributed by atoms with Gasteiger partial charge < -0.3 is 14.2 Å². The number of phosphoric ester groups is 1. The number of ether oxygens (including phenoxy) is 3. The second kappa shape index (κ2) is 44.5. The van der Waals surface area contributed by atoms with Crippen LogP contribution in [0, 0.1) is 17.8 Å². The Morgan fingerprint density at radius 3 is 0.679 bits per heavy atom. The molecule has 3 atom stereocenters. The highest BCUT2D eigenvalue weighted by Gasteiger charge is 2.26. The van der Waals surface area contributed by atoms with Crippen LogP contribution in [0.25, 0.3) is 0 Å². The van der Waals surface area contributed by atoms with Gasteiger partial charge in [-0.05, 0) is 56.3 Å². The Hall–Kier alpha value is -0.0100. The van der Waals surface area contributed by atoms with Crippen molar-refractivity contribution in [3.8, 4) is 0 Å². The van der Waals surface area contributed by atoms with Crippen molar-refractivity contribution in [2.75, 3.05) is 59.5 Å². The summed E-state index contributed by atoms with van der Waals surface area (Å²) in [5.41, 5.74) is 0. The lowest BCUT2D eigenvalue weighted by Crippen LogP contribution is -2.05. The average molecular weight is 819 g/mol. The van der Waals surface area contributed by atoms with Crippen molar-refractivity contribution in [2.24, 2.45) is 17.8 Å². The van der Waals surface area contributed by atoms with Gasteiger partial charge in [-0.25, -0.2) is 4.57 Å². The fourth-order valence-electron chi connectivity index (χ4n) is 6.48. The molecular formula is C48H99O7P. The van der Waals surface area contributed by atoms with E-state index < -0.39 is 7.82 Å². The van der Waals surface area contributed by atoms with Gasteiger partial charge in [-0.15, -0.1) is 0 Å². The molecule has 7 nitrogen and oxygen atoms in total. The van der Waals surface area contributed by atoms with Gasteiger partial charge in [0, 0.05) is 39.6 Å². The van der Waals surface area contributed by atoms with Crippen molar-refractivity contribution >= 4 is 7.82 Å². The van der Waals surface area contributed by atoms with Gasteiger partial charge in [-0.2, -0.15) is 0 Å². The van der Waals surface area contributed by atoms with Gasteiger partial charge in [-0.1, -0.05) is 196 Å². The summed E-state index contributed by atoms with van der Waals surface area (Å²) in [7, 11) is -3.52. The highest BCUT2D eigenvalue weighted by molar-refractivity contribution is 7.48. The Bertz CT molecular complexity index is 700. The Labute approximate surface area is 350 Å². The first-order valence-corrected chi connectivity index (χ1v) is 26.1. The largest absolute Gasteiger partial charge is 0.474 e. The lowest BCUT2D eigenvalue weighted by atomic mass is 10.1. The topological polar surface area (TPSA) is 72.5 Å². The van der Waals surface area contributed by atoms with Crippen molar-refractivity contribution in [3.05, 3.63) is 0 Å². The minimum atomic E-state index is -3.52. The first-order chi connectivity index (χ1) is 27.4. The minimum Gasteiger partial charge on any atom is -0.381 e. The third-order valence-corrected chi connectivity index (χ3v) is 12.8. The molecule has 0 aromatic rings. The summed E-state index contributed by atoms with van der Waals surface area (Å²) in [6.45, 7) is 20.2. The molecule has 0 amide bonds. The Kier molecular flexibility index (Phi) is 44.5. The normalized spacial score (nSPS) is 14.6. The van der Waals surface area contributed by atoms with Crippen LogP contribution < -0.4 is 0 Å². The molecule has 338 valence electrons. The highest BCUT2D eigenvalue weighted by atomic mass is 31.2. The first kappa shape index (κ1) is 56.0. The molecule has 8 heteroatoms. The van der Waals surface area contributed by atoms with Crippen LogP contribution in [0.3, 0.4) is 0 Å². The van der Waals surface area contributed by atoms with Crippen molar-refractivity contribution in [3.63, 3.8) is 0 Å². The van der Waals surface area contributed by atoms with E-state index in [0.29, 0.717) is 37.6 Å². The molecule has 0 bridgehead atoms. The monoisotopic (exact) mass is 819 g/mol. The van der Waals surface area contributed by atoms with E-state index >= 15 is 0 Å². The predicted molar refractivity (Wildman–Crippen MR) is 241 cm³/mol. The van der Waals surface area contributed by atoms with Crippen LogP contribution in [0.5, 0.6) is 0 Å². The molecule has 3 unspecified atom stereocenters. The smallest absolute Gasteiger partial charge is 0.381 e. The van der Waals surface area contributed by atoms with E-state index in [2.05, 4.69) is 41.5 Å². The zero-order valence-electron chi connectivity index (χ0n) is 38.6. The van der Waals surface area contributed by atoms with Crippen LogP contribution in [0.2, 0.25) is 0 Å². The van der Waals surface area contributed by atoms with Gasteiger partial charge in [0.15, 0.2) is 0 Å². The fraction of sp³-hybridized carbons (Fsp3) is 1.00. The third kappa shape index (κ3) is 42.1. The lowest BCUT2D eigenvalue weighted by molar-refractivity contribution is 0.1000. The summed E-state index contributed by atoms with van der Waals surface area (Å²) >= 11 is 0. The number of hydrogen-bond acceptors (Lipinski definition) is 7. The summed E-state index contributed by atoms with van der Waals surface area (Å²) in [6, 6.07) is 0. The summed E-state index contributed by atoms with van der Waals surface area (Å²) in [5.74, 6) is 2.02. The zero-order chi connectivity index (χ0) is 41.1. The molecule has 56 heavy (non-hydrogen) atoms. The van der Waals surface area contributed by atoms with Crippen LogP contribution in [-0.2, 0) is 32.3 Å². The maximum atomic E-state index is 13.6. The minimum absolute atomic E-state index is 0.446. The van der Waals surface area contributed by atoms with Gasteiger partial charge in [-0.3, -0.25) is 13.6 Å². The molecule has 0 spiro atoms. The van der Waals surface area contributed by atoms with Crippen LogP contribution in [-0.4, -0.2) is 59.5 Å². The van der Waals surface area contributed by atoms with E-state index in [4.69, 9.17) is 27.8 Å². The molecule has 0 saturated heterocycles. The van der Waals surface area contributed by atoms with E-state index in [9.17, 15) is 4.57 Å². The second-order valence-electron chi connectivity index (χ2n) is 17.3. The summed E-state index contributed by atoms with van der Waals surface area (Å²) in [5, 5.41) is 0. The SMILES string of the molecule is CCC(C)COCCCCCCCCCCCOP(=O)(OCCCCCCCCCCCOCC(C)CC)OCCCCCCCCCCCOCC(C)CC. The third-order valence-electron chi connectivity index (χ3n) is 11.3. The number of unbranched alkanes of at least 4 members (excludes halogenated alkanes) is 24. The van der Waals surface area contributed by atoms with E-state index in [-0.39, 0.29) is 0 Å². The molecule has 0 fully saturated rings. The molecule has 0 rings (SSSR count). The number of rotatable bonds is 48. The van der Waals surface area contributed by atoms with Gasteiger partial charge in [0.05, 0.1) is 19.8 Å². The fourth-order valence-corrected chi connectivity index (χ4v) is 7.76. The maximum absolute atomic E-state index is 13.6. The molecule has 0 heterocycles. The molecule has 0 aromatic carbocycles. The van der Waals surface area contributed by atoms with Crippen molar-refractivity contribution < 1.29 is 32.3 Å². The Balaban J connectivity index is 4.13. The van der Waals surface area contributed by atoms with Crippen molar-refractivity contribution in [2.45, 2.75) is 234 Å². The zero-order valence-corrected chi connectivity index (χ0v) is 39.5. The number of phosphoric acid groups is 1. The summed E-state index contributed by atoms with van der Waals surface area (Å²) in [6.07, 6.45) is 36.1. The molecule has 0 aromatic heterocycles. The van der Waals surface area contributed by atoms with Crippen LogP contribution >= 0.6 is 7.82 Å². The molecule has 0 saturated carbocycles. The van der Waals surface area contributed by atoms with Crippen LogP contribution in [0.1, 0.15) is 234 Å². The summed E-state index contributed by atoms with van der Waals surface area (Å²) < 4.78 is 48.5. The molecule has 0 aliphatic rings. The second-order valence-corrected chi connectivity index (χ2v) is 18.9. The maximum Gasteiger partial charge on any atom is 0.474 e. The highest BCUT2D eigenvalue weighted by Crippen LogP contribution is 2.50. The van der Waals surface area contributed by atoms with Crippen LogP contribution in [0.15, 0.2) is 0 Å². The van der Waals surface area contributed by atoms with Gasteiger partial charge >= 0.3 is 7.82 Å².